The number of fused-ring (bicyclic) bond motifs is 1. The van der Waals surface area contributed by atoms with Gasteiger partial charge in [-0.25, -0.2) is 8.42 Å². The number of nitrogens with zero attached hydrogens (tertiary/aromatic N) is 1. The highest BCUT2D eigenvalue weighted by Crippen LogP contribution is 2.35. The Morgan fingerprint density at radius 1 is 1.21 bits per heavy atom. The van der Waals surface area contributed by atoms with Crippen LogP contribution in [-0.4, -0.2) is 26.1 Å². The molecule has 1 aliphatic rings. The van der Waals surface area contributed by atoms with Crippen molar-refractivity contribution in [3.8, 4) is 0 Å². The van der Waals surface area contributed by atoms with Crippen molar-refractivity contribution >= 4 is 27.3 Å². The normalized spacial score (nSPS) is 16.8. The Morgan fingerprint density at radius 3 is 2.57 bits per heavy atom. The Bertz CT molecular complexity index is 1020. The first-order valence-corrected chi connectivity index (χ1v) is 10.3. The van der Waals surface area contributed by atoms with Gasteiger partial charge in [0, 0.05) is 17.3 Å². The van der Waals surface area contributed by atoms with Crippen molar-refractivity contribution in [1.29, 1.82) is 0 Å². The second-order valence-electron chi connectivity index (χ2n) is 6.63. The molecule has 1 heterocycles. The number of hydrogen-bond acceptors (Lipinski definition) is 3. The lowest BCUT2D eigenvalue weighted by Crippen LogP contribution is -2.36. The van der Waals surface area contributed by atoms with E-state index >= 15 is 0 Å². The van der Waals surface area contributed by atoms with Crippen molar-refractivity contribution < 1.29 is 26.4 Å². The van der Waals surface area contributed by atoms with Crippen LogP contribution in [0.2, 0.25) is 0 Å². The molecule has 1 amide bonds. The number of anilines is 2. The minimum Gasteiger partial charge on any atom is -0.322 e. The van der Waals surface area contributed by atoms with Gasteiger partial charge in [-0.05, 0) is 62.2 Å². The van der Waals surface area contributed by atoms with Crippen molar-refractivity contribution in [3.63, 3.8) is 0 Å². The summed E-state index contributed by atoms with van der Waals surface area (Å²) < 4.78 is 64.4. The van der Waals surface area contributed by atoms with Crippen LogP contribution in [0.4, 0.5) is 24.5 Å². The van der Waals surface area contributed by atoms with E-state index in [0.717, 1.165) is 12.1 Å². The van der Waals surface area contributed by atoms with Gasteiger partial charge in [0.2, 0.25) is 10.0 Å². The monoisotopic (exact) mass is 412 g/mol. The number of carbonyl (C=O) groups is 1. The first kappa shape index (κ1) is 20.2. The van der Waals surface area contributed by atoms with Gasteiger partial charge in [0.05, 0.1) is 17.0 Å². The average molecular weight is 412 g/mol. The van der Waals surface area contributed by atoms with E-state index in [2.05, 4.69) is 5.32 Å². The average Bonchev–Trinajstić information content (AvgIpc) is 2.96. The van der Waals surface area contributed by atoms with E-state index in [1.54, 1.807) is 26.0 Å². The molecule has 0 fully saturated rings. The molecule has 28 heavy (non-hydrogen) atoms. The van der Waals surface area contributed by atoms with E-state index in [1.165, 1.54) is 22.5 Å². The van der Waals surface area contributed by atoms with Gasteiger partial charge in [0.15, 0.2) is 0 Å². The number of hydrogen-bond donors (Lipinski definition) is 1. The number of alkyl halides is 3. The van der Waals surface area contributed by atoms with Gasteiger partial charge < -0.3 is 5.32 Å². The zero-order chi connectivity index (χ0) is 20.7. The fourth-order valence-electron chi connectivity index (χ4n) is 3.28. The van der Waals surface area contributed by atoms with Crippen molar-refractivity contribution in [2.75, 3.05) is 15.4 Å². The smallest absolute Gasteiger partial charge is 0.322 e. The number of carbonyl (C=O) groups excluding carboxylic acids is 1. The first-order valence-electron chi connectivity index (χ1n) is 8.66. The third kappa shape index (κ3) is 3.84. The summed E-state index contributed by atoms with van der Waals surface area (Å²) in [5.74, 6) is -0.597. The molecule has 5 nitrogen and oxygen atoms in total. The molecule has 0 saturated heterocycles. The quantitative estimate of drug-likeness (QED) is 0.824. The van der Waals surface area contributed by atoms with Crippen LogP contribution >= 0.6 is 0 Å². The Morgan fingerprint density at radius 2 is 1.93 bits per heavy atom. The summed E-state index contributed by atoms with van der Waals surface area (Å²) >= 11 is 0. The van der Waals surface area contributed by atoms with E-state index in [9.17, 15) is 26.4 Å². The van der Waals surface area contributed by atoms with Gasteiger partial charge in [0.1, 0.15) is 0 Å². The topological polar surface area (TPSA) is 66.5 Å². The molecule has 0 aliphatic carbocycles. The van der Waals surface area contributed by atoms with Gasteiger partial charge in [-0.3, -0.25) is 9.10 Å². The van der Waals surface area contributed by atoms with E-state index in [1.807, 2.05) is 0 Å². The van der Waals surface area contributed by atoms with E-state index in [4.69, 9.17) is 0 Å². The standard InChI is InChI=1S/C19H19F3N2O3S/c1-3-28(26,27)24-12(2)9-14-10-13(7-8-17(14)24)18(25)23-16-6-4-5-15(11-16)19(20,21)22/h4-8,10-12H,3,9H2,1-2H3,(H,23,25)/t12-/m0/s1. The van der Waals surface area contributed by atoms with Gasteiger partial charge in [-0.2, -0.15) is 13.2 Å². The maximum absolute atomic E-state index is 12.8. The van der Waals surface area contributed by atoms with Crippen molar-refractivity contribution in [2.24, 2.45) is 0 Å². The Hall–Kier alpha value is -2.55. The molecule has 9 heteroatoms. The summed E-state index contributed by atoms with van der Waals surface area (Å²) in [6, 6.07) is 8.74. The van der Waals surface area contributed by atoms with Crippen LogP contribution in [-0.2, 0) is 22.6 Å². The Balaban J connectivity index is 1.85. The van der Waals surface area contributed by atoms with Crippen LogP contribution in [0.25, 0.3) is 0 Å². The molecule has 0 radical (unpaired) electrons. The highest BCUT2D eigenvalue weighted by atomic mass is 32.2. The molecule has 0 aromatic heterocycles. The molecule has 0 spiro atoms. The summed E-state index contributed by atoms with van der Waals surface area (Å²) in [7, 11) is -3.43. The van der Waals surface area contributed by atoms with Crippen LogP contribution in [0.3, 0.4) is 0 Å². The number of rotatable bonds is 4. The van der Waals surface area contributed by atoms with Gasteiger partial charge in [-0.1, -0.05) is 6.07 Å². The maximum Gasteiger partial charge on any atom is 0.416 e. The van der Waals surface area contributed by atoms with Crippen molar-refractivity contribution in [3.05, 3.63) is 59.2 Å². The Kier molecular flexibility index (Phi) is 5.14. The van der Waals surface area contributed by atoms with Crippen LogP contribution in [0, 0.1) is 0 Å². The Labute approximate surface area is 161 Å². The highest BCUT2D eigenvalue weighted by molar-refractivity contribution is 7.92. The van der Waals surface area contributed by atoms with Gasteiger partial charge >= 0.3 is 6.18 Å². The minimum absolute atomic E-state index is 0.0314. The fourth-order valence-corrected chi connectivity index (χ4v) is 4.66. The van der Waals surface area contributed by atoms with E-state index < -0.39 is 27.7 Å². The molecule has 2 aromatic carbocycles. The van der Waals surface area contributed by atoms with Gasteiger partial charge in [0.25, 0.3) is 5.91 Å². The van der Waals surface area contributed by atoms with E-state index in [0.29, 0.717) is 17.7 Å². The molecule has 0 bridgehead atoms. The zero-order valence-electron chi connectivity index (χ0n) is 15.2. The molecule has 1 N–H and O–H groups in total. The van der Waals surface area contributed by atoms with Crippen molar-refractivity contribution in [1.82, 2.24) is 0 Å². The van der Waals surface area contributed by atoms with Crippen molar-refractivity contribution in [2.45, 2.75) is 32.5 Å². The second kappa shape index (κ2) is 7.12. The molecular weight excluding hydrogens is 393 g/mol. The van der Waals surface area contributed by atoms with E-state index in [-0.39, 0.29) is 23.0 Å². The predicted molar refractivity (Wildman–Crippen MR) is 101 cm³/mol. The number of sulfonamides is 1. The van der Waals surface area contributed by atoms with Crippen LogP contribution in [0.1, 0.15) is 35.3 Å². The lowest BCUT2D eigenvalue weighted by molar-refractivity contribution is -0.137. The first-order chi connectivity index (χ1) is 13.0. The number of amides is 1. The van der Waals surface area contributed by atoms with Crippen LogP contribution in [0.5, 0.6) is 0 Å². The molecule has 1 aliphatic heterocycles. The molecule has 1 atom stereocenters. The molecule has 0 saturated carbocycles. The minimum atomic E-state index is -4.50. The zero-order valence-corrected chi connectivity index (χ0v) is 16.1. The summed E-state index contributed by atoms with van der Waals surface area (Å²) in [6.45, 7) is 3.35. The summed E-state index contributed by atoms with van der Waals surface area (Å²) in [6.07, 6.45) is -4.04. The van der Waals surface area contributed by atoms with Crippen LogP contribution < -0.4 is 9.62 Å². The number of nitrogens with one attached hydrogen (secondary N) is 1. The largest absolute Gasteiger partial charge is 0.416 e. The lowest BCUT2D eigenvalue weighted by Gasteiger charge is -2.23. The molecule has 3 rings (SSSR count). The number of benzene rings is 2. The number of halogens is 3. The summed E-state index contributed by atoms with van der Waals surface area (Å²) in [4.78, 5) is 12.5. The SMILES string of the molecule is CCS(=O)(=O)N1c2ccc(C(=O)Nc3cccc(C(F)(F)F)c3)cc2C[C@@H]1C. The van der Waals surface area contributed by atoms with Crippen LogP contribution in [0.15, 0.2) is 42.5 Å². The maximum atomic E-state index is 12.8. The summed E-state index contributed by atoms with van der Waals surface area (Å²) in [5.41, 5.74) is 0.669. The predicted octanol–water partition coefficient (Wildman–Crippen LogP) is 4.06. The lowest BCUT2D eigenvalue weighted by atomic mass is 10.1. The molecule has 150 valence electrons. The molecular formula is C19H19F3N2O3S. The fraction of sp³-hybridized carbons (Fsp3) is 0.316. The highest BCUT2D eigenvalue weighted by Gasteiger charge is 2.34. The summed E-state index contributed by atoms with van der Waals surface area (Å²) in [5, 5.41) is 2.45. The molecule has 2 aromatic rings. The molecule has 0 unspecified atom stereocenters. The van der Waals surface area contributed by atoms with Gasteiger partial charge in [-0.15, -0.1) is 0 Å². The third-order valence-corrected chi connectivity index (χ3v) is 6.49. The second-order valence-corrected chi connectivity index (χ2v) is 8.76. The third-order valence-electron chi connectivity index (χ3n) is 4.61.